The molecule has 0 unspecified atom stereocenters. The lowest BCUT2D eigenvalue weighted by Gasteiger charge is -2.53. The van der Waals surface area contributed by atoms with Crippen LogP contribution in [0.1, 0.15) is 37.1 Å². The van der Waals surface area contributed by atoms with Crippen molar-refractivity contribution in [3.05, 3.63) is 17.5 Å². The quantitative estimate of drug-likeness (QED) is 0.813. The van der Waals surface area contributed by atoms with Gasteiger partial charge >= 0.3 is 0 Å². The van der Waals surface area contributed by atoms with Crippen molar-refractivity contribution >= 4 is 0 Å². The van der Waals surface area contributed by atoms with Crippen molar-refractivity contribution in [2.24, 2.45) is 13.0 Å². The van der Waals surface area contributed by atoms with Gasteiger partial charge in [-0.25, -0.2) is 0 Å². The summed E-state index contributed by atoms with van der Waals surface area (Å²) >= 11 is 0. The molecular weight excluding hydrogens is 318 g/mol. The monoisotopic (exact) mass is 349 g/mol. The third kappa shape index (κ3) is 4.08. The Bertz CT molecular complexity index is 576. The van der Waals surface area contributed by atoms with Crippen molar-refractivity contribution in [3.8, 4) is 0 Å². The number of nitrogens with zero attached hydrogens (tertiary/aromatic N) is 3. The Morgan fingerprint density at radius 3 is 2.76 bits per heavy atom. The molecule has 140 valence electrons. The van der Waals surface area contributed by atoms with Gasteiger partial charge in [0, 0.05) is 59.5 Å². The van der Waals surface area contributed by atoms with E-state index in [1.807, 2.05) is 18.7 Å². The number of ether oxygens (including phenoxy) is 3. The lowest BCUT2D eigenvalue weighted by atomic mass is 9.84. The van der Waals surface area contributed by atoms with Gasteiger partial charge in [-0.1, -0.05) is 0 Å². The van der Waals surface area contributed by atoms with Gasteiger partial charge in [0.15, 0.2) is 0 Å². The van der Waals surface area contributed by atoms with E-state index < -0.39 is 0 Å². The highest BCUT2D eigenvalue weighted by Gasteiger charge is 2.47. The minimum Gasteiger partial charge on any atom is -0.381 e. The topological polar surface area (TPSA) is 48.8 Å². The Labute approximate surface area is 150 Å². The van der Waals surface area contributed by atoms with E-state index >= 15 is 0 Å². The van der Waals surface area contributed by atoms with Crippen LogP contribution in [0.3, 0.4) is 0 Å². The van der Waals surface area contributed by atoms with Crippen LogP contribution in [0.15, 0.2) is 6.07 Å². The van der Waals surface area contributed by atoms with Gasteiger partial charge < -0.3 is 14.2 Å². The van der Waals surface area contributed by atoms with Crippen molar-refractivity contribution in [2.75, 3.05) is 39.5 Å². The Morgan fingerprint density at radius 1 is 1.24 bits per heavy atom. The summed E-state index contributed by atoms with van der Waals surface area (Å²) in [6.07, 6.45) is 4.72. The van der Waals surface area contributed by atoms with Gasteiger partial charge in [-0.15, -0.1) is 0 Å². The summed E-state index contributed by atoms with van der Waals surface area (Å²) in [5.74, 6) is 0.679. The summed E-state index contributed by atoms with van der Waals surface area (Å²) in [6, 6.07) is 2.17. The maximum absolute atomic E-state index is 6.26. The predicted molar refractivity (Wildman–Crippen MR) is 94.4 cm³/mol. The molecule has 4 heterocycles. The van der Waals surface area contributed by atoms with E-state index in [1.54, 1.807) is 0 Å². The molecule has 0 amide bonds. The van der Waals surface area contributed by atoms with E-state index in [0.717, 1.165) is 77.4 Å². The van der Waals surface area contributed by atoms with Gasteiger partial charge in [0.25, 0.3) is 0 Å². The van der Waals surface area contributed by atoms with Crippen molar-refractivity contribution in [3.63, 3.8) is 0 Å². The smallest absolute Gasteiger partial charge is 0.0959 e. The highest BCUT2D eigenvalue weighted by molar-refractivity contribution is 5.11. The normalized spacial score (nSPS) is 27.5. The third-order valence-corrected chi connectivity index (χ3v) is 5.86. The highest BCUT2D eigenvalue weighted by atomic mass is 16.5. The lowest BCUT2D eigenvalue weighted by molar-refractivity contribution is -0.201. The number of hydrogen-bond acceptors (Lipinski definition) is 5. The fourth-order valence-electron chi connectivity index (χ4n) is 4.45. The first kappa shape index (κ1) is 17.5. The zero-order valence-corrected chi connectivity index (χ0v) is 15.6. The molecule has 3 aliphatic rings. The van der Waals surface area contributed by atoms with E-state index in [0.29, 0.717) is 12.0 Å². The number of hydrogen-bond donors (Lipinski definition) is 0. The largest absolute Gasteiger partial charge is 0.381 e. The first-order valence-corrected chi connectivity index (χ1v) is 9.67. The van der Waals surface area contributed by atoms with E-state index in [1.165, 1.54) is 5.69 Å². The van der Waals surface area contributed by atoms with Crippen LogP contribution in [0, 0.1) is 12.8 Å². The predicted octanol–water partition coefficient (Wildman–Crippen LogP) is 1.91. The molecule has 0 N–H and O–H groups in total. The SMILES string of the molecule is Cc1cc(CN2CC3(C[C@H](OCC4CCOCC4)CCO3)C2)n(C)n1. The second-order valence-electron chi connectivity index (χ2n) is 8.08. The number of likely N-dealkylation sites (tertiary alicyclic amines) is 1. The maximum Gasteiger partial charge on any atom is 0.0959 e. The van der Waals surface area contributed by atoms with Crippen LogP contribution < -0.4 is 0 Å². The average Bonchev–Trinajstić information content (AvgIpc) is 2.90. The van der Waals surface area contributed by atoms with Crippen LogP contribution in [0.2, 0.25) is 0 Å². The van der Waals surface area contributed by atoms with Crippen LogP contribution in [-0.4, -0.2) is 65.9 Å². The minimum atomic E-state index is 0.0201. The Balaban J connectivity index is 1.24. The van der Waals surface area contributed by atoms with Crippen LogP contribution in [-0.2, 0) is 27.8 Å². The Kier molecular flexibility index (Phi) is 5.13. The van der Waals surface area contributed by atoms with Crippen LogP contribution in [0.5, 0.6) is 0 Å². The van der Waals surface area contributed by atoms with Crippen LogP contribution in [0.4, 0.5) is 0 Å². The van der Waals surface area contributed by atoms with Gasteiger partial charge in [-0.05, 0) is 38.2 Å². The summed E-state index contributed by atoms with van der Waals surface area (Å²) in [4.78, 5) is 2.46. The molecule has 0 aromatic carbocycles. The van der Waals surface area contributed by atoms with Crippen molar-refractivity contribution in [1.29, 1.82) is 0 Å². The van der Waals surface area contributed by atoms with Gasteiger partial charge in [0.2, 0.25) is 0 Å². The molecule has 0 saturated carbocycles. The molecule has 6 heteroatoms. The maximum atomic E-state index is 6.26. The van der Waals surface area contributed by atoms with E-state index in [-0.39, 0.29) is 5.60 Å². The van der Waals surface area contributed by atoms with Gasteiger partial charge in [0.1, 0.15) is 0 Å². The molecule has 1 atom stereocenters. The number of aromatic nitrogens is 2. The van der Waals surface area contributed by atoms with Crippen LogP contribution in [0.25, 0.3) is 0 Å². The molecule has 1 spiro atoms. The summed E-state index contributed by atoms with van der Waals surface area (Å²) in [6.45, 7) is 8.53. The van der Waals surface area contributed by atoms with Crippen LogP contribution >= 0.6 is 0 Å². The molecule has 25 heavy (non-hydrogen) atoms. The summed E-state index contributed by atoms with van der Waals surface area (Å²) in [7, 11) is 2.02. The fraction of sp³-hybridized carbons (Fsp3) is 0.842. The van der Waals surface area contributed by atoms with E-state index in [9.17, 15) is 0 Å². The highest BCUT2D eigenvalue weighted by Crippen LogP contribution is 2.36. The van der Waals surface area contributed by atoms with Gasteiger partial charge in [0.05, 0.1) is 23.1 Å². The lowest BCUT2D eigenvalue weighted by Crippen LogP contribution is -2.65. The molecule has 6 nitrogen and oxygen atoms in total. The van der Waals surface area contributed by atoms with Gasteiger partial charge in [-0.3, -0.25) is 9.58 Å². The Hall–Kier alpha value is -0.950. The fourth-order valence-corrected chi connectivity index (χ4v) is 4.45. The van der Waals surface area contributed by atoms with E-state index in [2.05, 4.69) is 16.1 Å². The molecule has 3 aliphatic heterocycles. The van der Waals surface area contributed by atoms with Crippen molar-refractivity contribution in [1.82, 2.24) is 14.7 Å². The molecule has 3 fully saturated rings. The molecule has 1 aromatic rings. The van der Waals surface area contributed by atoms with E-state index in [4.69, 9.17) is 14.2 Å². The number of rotatable bonds is 5. The van der Waals surface area contributed by atoms with Crippen molar-refractivity contribution < 1.29 is 14.2 Å². The molecule has 0 aliphatic carbocycles. The second kappa shape index (κ2) is 7.35. The Morgan fingerprint density at radius 2 is 2.04 bits per heavy atom. The zero-order chi connectivity index (χ0) is 17.3. The number of aryl methyl sites for hydroxylation is 2. The molecule has 4 rings (SSSR count). The van der Waals surface area contributed by atoms with Gasteiger partial charge in [-0.2, -0.15) is 5.10 Å². The average molecular weight is 349 g/mol. The molecule has 1 aromatic heterocycles. The molecular formula is C19H31N3O3. The summed E-state index contributed by atoms with van der Waals surface area (Å²) < 4.78 is 19.8. The first-order chi connectivity index (χ1) is 12.1. The first-order valence-electron chi connectivity index (χ1n) is 9.67. The summed E-state index contributed by atoms with van der Waals surface area (Å²) in [5.41, 5.74) is 2.38. The molecule has 0 bridgehead atoms. The molecule has 0 radical (unpaired) electrons. The summed E-state index contributed by atoms with van der Waals surface area (Å²) in [5, 5.41) is 4.44. The minimum absolute atomic E-state index is 0.0201. The van der Waals surface area contributed by atoms with Crippen molar-refractivity contribution in [2.45, 2.75) is 50.9 Å². The standard InChI is InChI=1S/C19H31N3O3/c1-15-9-17(21(2)20-15)11-22-13-19(14-22)10-18(5-8-25-19)24-12-16-3-6-23-7-4-16/h9,16,18H,3-8,10-14H2,1-2H3/t18-/m1/s1. The third-order valence-electron chi connectivity index (χ3n) is 5.86. The zero-order valence-electron chi connectivity index (χ0n) is 15.6. The second-order valence-corrected chi connectivity index (χ2v) is 8.08. The molecule has 3 saturated heterocycles.